The number of hydrogen-bond acceptors (Lipinski definition) is 4. The molecule has 5 nitrogen and oxygen atoms in total. The molecule has 2 aliphatic heterocycles. The van der Waals surface area contributed by atoms with Gasteiger partial charge < -0.3 is 10.6 Å². The molecular weight excluding hydrogens is 274 g/mol. The van der Waals surface area contributed by atoms with Crippen molar-refractivity contribution >= 4 is 23.3 Å². The predicted octanol–water partition coefficient (Wildman–Crippen LogP) is 1.48. The van der Waals surface area contributed by atoms with Crippen LogP contribution in [0, 0.1) is 0 Å². The van der Waals surface area contributed by atoms with Crippen molar-refractivity contribution in [3.05, 3.63) is 21.9 Å². The van der Waals surface area contributed by atoms with Crippen LogP contribution < -0.4 is 10.6 Å². The summed E-state index contributed by atoms with van der Waals surface area (Å²) in [5.41, 5.74) is -0.660. The summed E-state index contributed by atoms with van der Waals surface area (Å²) in [7, 11) is 0. The van der Waals surface area contributed by atoms with Gasteiger partial charge in [0.15, 0.2) is 0 Å². The Kier molecular flexibility index (Phi) is 3.52. The van der Waals surface area contributed by atoms with E-state index in [1.807, 2.05) is 6.07 Å². The Morgan fingerprint density at radius 3 is 2.60 bits per heavy atom. The van der Waals surface area contributed by atoms with E-state index in [-0.39, 0.29) is 11.9 Å². The maximum absolute atomic E-state index is 12.6. The normalized spacial score (nSPS) is 21.6. The number of hydrogen-bond donors (Lipinski definition) is 2. The molecule has 1 aromatic heterocycles. The van der Waals surface area contributed by atoms with Crippen molar-refractivity contribution in [3.63, 3.8) is 0 Å². The minimum absolute atomic E-state index is 0.0598. The molecule has 2 aliphatic rings. The third-order valence-electron chi connectivity index (χ3n) is 4.08. The average molecular weight is 293 g/mol. The number of piperidine rings is 1. The van der Waals surface area contributed by atoms with E-state index in [9.17, 15) is 9.59 Å². The summed E-state index contributed by atoms with van der Waals surface area (Å²) >= 11 is 1.67. The van der Waals surface area contributed by atoms with E-state index in [1.54, 1.807) is 11.3 Å². The zero-order valence-electron chi connectivity index (χ0n) is 11.6. The molecule has 3 amide bonds. The molecular formula is C14H19N3O2S. The van der Waals surface area contributed by atoms with E-state index in [4.69, 9.17) is 0 Å². The van der Waals surface area contributed by atoms with Crippen LogP contribution in [-0.4, -0.2) is 35.5 Å². The van der Waals surface area contributed by atoms with E-state index in [2.05, 4.69) is 23.6 Å². The quantitative estimate of drug-likeness (QED) is 0.830. The highest BCUT2D eigenvalue weighted by molar-refractivity contribution is 7.11. The Bertz CT molecular complexity index is 534. The fraction of sp³-hybridized carbons (Fsp3) is 0.571. The van der Waals surface area contributed by atoms with Crippen molar-refractivity contribution in [1.82, 2.24) is 15.5 Å². The number of thiophene rings is 1. The number of aryl methyl sites for hydroxylation is 1. The van der Waals surface area contributed by atoms with Gasteiger partial charge in [0, 0.05) is 9.75 Å². The van der Waals surface area contributed by atoms with Gasteiger partial charge in [0.25, 0.3) is 5.91 Å². The fourth-order valence-electron chi connectivity index (χ4n) is 2.87. The highest BCUT2D eigenvalue weighted by Gasteiger charge is 2.51. The van der Waals surface area contributed by atoms with Crippen LogP contribution in [0.1, 0.15) is 29.5 Å². The van der Waals surface area contributed by atoms with Crippen LogP contribution >= 0.6 is 11.3 Å². The first kappa shape index (κ1) is 13.6. The molecule has 0 radical (unpaired) electrons. The Morgan fingerprint density at radius 1 is 1.25 bits per heavy atom. The van der Waals surface area contributed by atoms with Gasteiger partial charge in [-0.1, -0.05) is 6.92 Å². The molecule has 3 heterocycles. The number of carbonyl (C=O) groups excluding carboxylic acids is 2. The summed E-state index contributed by atoms with van der Waals surface area (Å²) in [4.78, 5) is 28.4. The van der Waals surface area contributed by atoms with Crippen molar-refractivity contribution in [2.75, 3.05) is 13.1 Å². The minimum atomic E-state index is -0.660. The first-order valence-electron chi connectivity index (χ1n) is 7.07. The number of urea groups is 1. The summed E-state index contributed by atoms with van der Waals surface area (Å²) in [6.45, 7) is 4.05. The van der Waals surface area contributed by atoms with Crippen molar-refractivity contribution in [1.29, 1.82) is 0 Å². The largest absolute Gasteiger partial charge is 0.325 e. The second kappa shape index (κ2) is 5.18. The molecule has 0 aromatic carbocycles. The zero-order valence-corrected chi connectivity index (χ0v) is 12.4. The molecule has 0 bridgehead atoms. The molecule has 1 spiro atoms. The van der Waals surface area contributed by atoms with Gasteiger partial charge in [-0.25, -0.2) is 4.79 Å². The highest BCUT2D eigenvalue weighted by atomic mass is 32.1. The van der Waals surface area contributed by atoms with Gasteiger partial charge in [-0.15, -0.1) is 11.3 Å². The Morgan fingerprint density at radius 2 is 1.95 bits per heavy atom. The number of nitrogens with one attached hydrogen (secondary N) is 2. The summed E-state index contributed by atoms with van der Waals surface area (Å²) < 4.78 is 0. The molecule has 0 atom stereocenters. The molecule has 0 unspecified atom stereocenters. The minimum Gasteiger partial charge on any atom is -0.323 e. The SMILES string of the molecule is CCc1ccc(CN2C(=O)NC3(CCNCC3)C2=O)s1. The standard InChI is InChI=1S/C14H19N3O2S/c1-2-10-3-4-11(20-10)9-17-12(18)14(16-13(17)19)5-7-15-8-6-14/h3-4,15H,2,5-9H2,1H3,(H,16,19). The number of nitrogens with zero attached hydrogens (tertiary/aromatic N) is 1. The molecule has 2 fully saturated rings. The van der Waals surface area contributed by atoms with E-state index in [0.717, 1.165) is 24.4 Å². The van der Waals surface area contributed by atoms with Gasteiger partial charge in [0.1, 0.15) is 5.54 Å². The van der Waals surface area contributed by atoms with E-state index < -0.39 is 5.54 Å². The molecule has 6 heteroatoms. The maximum atomic E-state index is 12.6. The van der Waals surface area contributed by atoms with Crippen molar-refractivity contribution in [2.24, 2.45) is 0 Å². The summed E-state index contributed by atoms with van der Waals surface area (Å²) in [5.74, 6) is -0.0598. The van der Waals surface area contributed by atoms with Crippen LogP contribution in [0.15, 0.2) is 12.1 Å². The number of rotatable bonds is 3. The molecule has 20 heavy (non-hydrogen) atoms. The molecule has 2 saturated heterocycles. The second-order valence-electron chi connectivity index (χ2n) is 5.38. The Hall–Kier alpha value is -1.40. The van der Waals surface area contributed by atoms with Gasteiger partial charge in [0.2, 0.25) is 0 Å². The smallest absolute Gasteiger partial charge is 0.323 e. The monoisotopic (exact) mass is 293 g/mol. The lowest BCUT2D eigenvalue weighted by molar-refractivity contribution is -0.132. The van der Waals surface area contributed by atoms with Crippen LogP contribution in [0.2, 0.25) is 0 Å². The van der Waals surface area contributed by atoms with Gasteiger partial charge in [-0.05, 0) is 44.5 Å². The van der Waals surface area contributed by atoms with Crippen LogP contribution in [0.3, 0.4) is 0 Å². The maximum Gasteiger partial charge on any atom is 0.325 e. The lowest BCUT2D eigenvalue weighted by atomic mass is 9.88. The predicted molar refractivity (Wildman–Crippen MR) is 77.6 cm³/mol. The first-order valence-corrected chi connectivity index (χ1v) is 7.89. The van der Waals surface area contributed by atoms with Gasteiger partial charge in [-0.3, -0.25) is 9.69 Å². The second-order valence-corrected chi connectivity index (χ2v) is 6.63. The molecule has 3 rings (SSSR count). The van der Waals surface area contributed by atoms with Crippen LogP contribution in [0.25, 0.3) is 0 Å². The average Bonchev–Trinajstić information content (AvgIpc) is 3.00. The van der Waals surface area contributed by atoms with Gasteiger partial charge in [0.05, 0.1) is 6.54 Å². The van der Waals surface area contributed by atoms with Crippen LogP contribution in [-0.2, 0) is 17.8 Å². The number of amides is 3. The Labute approximate surface area is 122 Å². The third-order valence-corrected chi connectivity index (χ3v) is 5.30. The molecule has 2 N–H and O–H groups in total. The van der Waals surface area contributed by atoms with Crippen LogP contribution in [0.5, 0.6) is 0 Å². The molecule has 0 saturated carbocycles. The van der Waals surface area contributed by atoms with Crippen molar-refractivity contribution in [2.45, 2.75) is 38.3 Å². The van der Waals surface area contributed by atoms with E-state index in [1.165, 1.54) is 9.78 Å². The third kappa shape index (κ3) is 2.23. The molecule has 108 valence electrons. The molecule has 1 aromatic rings. The van der Waals surface area contributed by atoms with Gasteiger partial charge in [-0.2, -0.15) is 0 Å². The van der Waals surface area contributed by atoms with Crippen molar-refractivity contribution < 1.29 is 9.59 Å². The number of carbonyl (C=O) groups is 2. The lowest BCUT2D eigenvalue weighted by Gasteiger charge is -2.31. The number of imide groups is 1. The fourth-order valence-corrected chi connectivity index (χ4v) is 3.81. The Balaban J connectivity index is 1.76. The zero-order chi connectivity index (χ0) is 14.2. The first-order chi connectivity index (χ1) is 9.64. The summed E-state index contributed by atoms with van der Waals surface area (Å²) in [6, 6.07) is 3.83. The summed E-state index contributed by atoms with van der Waals surface area (Å²) in [5, 5.41) is 6.14. The van der Waals surface area contributed by atoms with Crippen LogP contribution in [0.4, 0.5) is 4.79 Å². The lowest BCUT2D eigenvalue weighted by Crippen LogP contribution is -2.53. The topological polar surface area (TPSA) is 61.4 Å². The summed E-state index contributed by atoms with van der Waals surface area (Å²) in [6.07, 6.45) is 2.35. The van der Waals surface area contributed by atoms with Gasteiger partial charge >= 0.3 is 6.03 Å². The van der Waals surface area contributed by atoms with Crippen molar-refractivity contribution in [3.8, 4) is 0 Å². The van der Waals surface area contributed by atoms with E-state index >= 15 is 0 Å². The van der Waals surface area contributed by atoms with E-state index in [0.29, 0.717) is 19.4 Å². The molecule has 0 aliphatic carbocycles. The highest BCUT2D eigenvalue weighted by Crippen LogP contribution is 2.29.